The highest BCUT2D eigenvalue weighted by atomic mass is 35.5. The molecule has 0 radical (unpaired) electrons. The molecule has 108 valence electrons. The fourth-order valence-corrected chi connectivity index (χ4v) is 1.30. The fraction of sp³-hybridized carbons (Fsp3) is 0.462. The second-order valence-corrected chi connectivity index (χ2v) is 3.93. The van der Waals surface area contributed by atoms with Gasteiger partial charge >= 0.3 is 0 Å². The number of amides is 1. The van der Waals surface area contributed by atoms with E-state index in [1.165, 1.54) is 0 Å². The number of hydrogen-bond donors (Lipinski definition) is 2. The first-order valence-electron chi connectivity index (χ1n) is 5.87. The molecule has 5 nitrogen and oxygen atoms in total. The minimum Gasteiger partial charge on any atom is -0.493 e. The Kier molecular flexibility index (Phi) is 8.74. The third kappa shape index (κ3) is 6.31. The first-order chi connectivity index (χ1) is 8.67. The van der Waals surface area contributed by atoms with Crippen molar-refractivity contribution >= 4 is 18.3 Å². The smallest absolute Gasteiger partial charge is 0.257 e. The highest BCUT2D eigenvalue weighted by molar-refractivity contribution is 5.85. The second-order valence-electron chi connectivity index (χ2n) is 3.93. The fourth-order valence-electron chi connectivity index (χ4n) is 1.30. The van der Waals surface area contributed by atoms with Gasteiger partial charge in [0.05, 0.1) is 7.11 Å². The van der Waals surface area contributed by atoms with Crippen LogP contribution in [0.3, 0.4) is 0 Å². The van der Waals surface area contributed by atoms with E-state index in [1.54, 1.807) is 19.2 Å². The van der Waals surface area contributed by atoms with Crippen LogP contribution in [0, 0.1) is 0 Å². The van der Waals surface area contributed by atoms with Gasteiger partial charge in [-0.3, -0.25) is 4.79 Å². The first kappa shape index (κ1) is 17.5. The summed E-state index contributed by atoms with van der Waals surface area (Å²) in [6.07, 6.45) is 0. The lowest BCUT2D eigenvalue weighted by Crippen LogP contribution is -2.39. The van der Waals surface area contributed by atoms with E-state index in [-0.39, 0.29) is 31.0 Å². The van der Waals surface area contributed by atoms with Crippen molar-refractivity contribution in [1.29, 1.82) is 0 Å². The van der Waals surface area contributed by atoms with Crippen molar-refractivity contribution in [3.63, 3.8) is 0 Å². The van der Waals surface area contributed by atoms with E-state index in [0.29, 0.717) is 18.0 Å². The molecule has 0 spiro atoms. The van der Waals surface area contributed by atoms with Crippen LogP contribution in [0.15, 0.2) is 24.3 Å². The van der Waals surface area contributed by atoms with Crippen molar-refractivity contribution in [3.8, 4) is 11.5 Å². The number of benzene rings is 1. The van der Waals surface area contributed by atoms with Crippen LogP contribution in [-0.2, 0) is 4.79 Å². The van der Waals surface area contributed by atoms with E-state index >= 15 is 0 Å². The zero-order valence-electron chi connectivity index (χ0n) is 11.4. The van der Waals surface area contributed by atoms with Gasteiger partial charge in [-0.1, -0.05) is 12.1 Å². The summed E-state index contributed by atoms with van der Waals surface area (Å²) in [5, 5.41) is 5.81. The number of carbonyl (C=O) groups is 1. The van der Waals surface area contributed by atoms with Crippen LogP contribution in [0.5, 0.6) is 11.5 Å². The van der Waals surface area contributed by atoms with Crippen LogP contribution in [0.1, 0.15) is 6.92 Å². The molecule has 0 aliphatic heterocycles. The molecule has 0 aliphatic carbocycles. The lowest BCUT2D eigenvalue weighted by molar-refractivity contribution is -0.123. The van der Waals surface area contributed by atoms with Crippen LogP contribution in [0.4, 0.5) is 0 Å². The van der Waals surface area contributed by atoms with E-state index in [9.17, 15) is 4.79 Å². The molecule has 1 unspecified atom stereocenters. The highest BCUT2D eigenvalue weighted by Gasteiger charge is 2.07. The zero-order chi connectivity index (χ0) is 13.4. The Morgan fingerprint density at radius 2 is 1.95 bits per heavy atom. The average molecular weight is 289 g/mol. The van der Waals surface area contributed by atoms with Gasteiger partial charge in [0, 0.05) is 12.6 Å². The van der Waals surface area contributed by atoms with Crippen molar-refractivity contribution in [2.24, 2.45) is 0 Å². The first-order valence-corrected chi connectivity index (χ1v) is 5.87. The molecule has 0 aromatic heterocycles. The van der Waals surface area contributed by atoms with Gasteiger partial charge < -0.3 is 20.1 Å². The predicted molar refractivity (Wildman–Crippen MR) is 77.3 cm³/mol. The summed E-state index contributed by atoms with van der Waals surface area (Å²) in [6.45, 7) is 2.54. The molecule has 0 bridgehead atoms. The summed E-state index contributed by atoms with van der Waals surface area (Å²) < 4.78 is 10.5. The van der Waals surface area contributed by atoms with E-state index < -0.39 is 0 Å². The number of para-hydroxylation sites is 2. The molecule has 0 fully saturated rings. The topological polar surface area (TPSA) is 59.6 Å². The van der Waals surface area contributed by atoms with Crippen molar-refractivity contribution in [2.45, 2.75) is 13.0 Å². The summed E-state index contributed by atoms with van der Waals surface area (Å²) in [6, 6.07) is 7.47. The van der Waals surface area contributed by atoms with Gasteiger partial charge in [-0.15, -0.1) is 12.4 Å². The molecule has 6 heteroatoms. The Labute approximate surface area is 120 Å². The lowest BCUT2D eigenvalue weighted by atomic mass is 10.3. The molecule has 19 heavy (non-hydrogen) atoms. The molecule has 0 aliphatic rings. The quantitative estimate of drug-likeness (QED) is 0.792. The minimum absolute atomic E-state index is 0. The van der Waals surface area contributed by atoms with Crippen LogP contribution in [0.25, 0.3) is 0 Å². The number of rotatable bonds is 7. The van der Waals surface area contributed by atoms with Crippen LogP contribution in [0.2, 0.25) is 0 Å². The van der Waals surface area contributed by atoms with Gasteiger partial charge in [0.1, 0.15) is 0 Å². The maximum absolute atomic E-state index is 11.5. The van der Waals surface area contributed by atoms with Crippen LogP contribution in [-0.4, -0.2) is 39.3 Å². The van der Waals surface area contributed by atoms with Gasteiger partial charge in [0.2, 0.25) is 0 Å². The van der Waals surface area contributed by atoms with Crippen molar-refractivity contribution in [3.05, 3.63) is 24.3 Å². The molecular weight excluding hydrogens is 268 g/mol. The van der Waals surface area contributed by atoms with Crippen molar-refractivity contribution in [2.75, 3.05) is 27.3 Å². The molecule has 1 aromatic rings. The maximum atomic E-state index is 11.5. The van der Waals surface area contributed by atoms with E-state index in [4.69, 9.17) is 9.47 Å². The molecule has 1 rings (SSSR count). The second kappa shape index (κ2) is 9.47. The molecule has 1 amide bonds. The van der Waals surface area contributed by atoms with Crippen LogP contribution >= 0.6 is 12.4 Å². The molecule has 1 aromatic carbocycles. The Morgan fingerprint density at radius 3 is 2.53 bits per heavy atom. The van der Waals surface area contributed by atoms with Gasteiger partial charge in [0.25, 0.3) is 5.91 Å². The number of methoxy groups -OCH3 is 1. The van der Waals surface area contributed by atoms with E-state index in [2.05, 4.69) is 10.6 Å². The van der Waals surface area contributed by atoms with Crippen LogP contribution < -0.4 is 20.1 Å². The maximum Gasteiger partial charge on any atom is 0.257 e. The number of nitrogens with one attached hydrogen (secondary N) is 2. The lowest BCUT2D eigenvalue weighted by Gasteiger charge is -2.13. The number of halogens is 1. The Balaban J connectivity index is 0.00000324. The Morgan fingerprint density at radius 1 is 1.32 bits per heavy atom. The van der Waals surface area contributed by atoms with Gasteiger partial charge in [0.15, 0.2) is 18.1 Å². The van der Waals surface area contributed by atoms with Gasteiger partial charge in [-0.2, -0.15) is 0 Å². The molecule has 2 N–H and O–H groups in total. The molecule has 0 saturated carbocycles. The Bertz CT molecular complexity index is 388. The van der Waals surface area contributed by atoms with Gasteiger partial charge in [-0.05, 0) is 26.1 Å². The zero-order valence-corrected chi connectivity index (χ0v) is 12.3. The SMILES string of the molecule is CNC(C)CNC(=O)COc1ccccc1OC.Cl. The number of likely N-dealkylation sites (N-methyl/N-ethyl adjacent to an activating group) is 1. The number of ether oxygens (including phenoxy) is 2. The Hall–Kier alpha value is -1.46. The third-order valence-electron chi connectivity index (χ3n) is 2.53. The molecular formula is C13H21ClN2O3. The average Bonchev–Trinajstić information content (AvgIpc) is 2.42. The molecule has 1 atom stereocenters. The standard InChI is InChI=1S/C13H20N2O3.ClH/c1-10(14-2)8-15-13(16)9-18-12-7-5-4-6-11(12)17-3;/h4-7,10,14H,8-9H2,1-3H3,(H,15,16);1H. The molecule has 0 saturated heterocycles. The third-order valence-corrected chi connectivity index (χ3v) is 2.53. The molecule has 0 heterocycles. The van der Waals surface area contributed by atoms with Gasteiger partial charge in [-0.25, -0.2) is 0 Å². The summed E-state index contributed by atoms with van der Waals surface area (Å²) in [7, 11) is 3.42. The summed E-state index contributed by atoms with van der Waals surface area (Å²) in [5.74, 6) is 1.04. The number of hydrogen-bond acceptors (Lipinski definition) is 4. The highest BCUT2D eigenvalue weighted by Crippen LogP contribution is 2.25. The summed E-state index contributed by atoms with van der Waals surface area (Å²) in [4.78, 5) is 11.5. The van der Waals surface area contributed by atoms with Crippen molar-refractivity contribution in [1.82, 2.24) is 10.6 Å². The predicted octanol–water partition coefficient (Wildman–Crippen LogP) is 1.22. The summed E-state index contributed by atoms with van der Waals surface area (Å²) in [5.41, 5.74) is 0. The monoisotopic (exact) mass is 288 g/mol. The summed E-state index contributed by atoms with van der Waals surface area (Å²) >= 11 is 0. The normalized spacial score (nSPS) is 11.1. The number of carbonyl (C=O) groups excluding carboxylic acids is 1. The van der Waals surface area contributed by atoms with E-state index in [0.717, 1.165) is 0 Å². The minimum atomic E-state index is -0.150. The van der Waals surface area contributed by atoms with Crippen molar-refractivity contribution < 1.29 is 14.3 Å². The van der Waals surface area contributed by atoms with E-state index in [1.807, 2.05) is 26.1 Å². The largest absolute Gasteiger partial charge is 0.493 e.